The van der Waals surface area contributed by atoms with Crippen LogP contribution in [0.4, 0.5) is 23.2 Å². The minimum atomic E-state index is -4.28. The average Bonchev–Trinajstić information content (AvgIpc) is 3.35. The summed E-state index contributed by atoms with van der Waals surface area (Å²) in [6.45, 7) is 2.40. The van der Waals surface area contributed by atoms with Gasteiger partial charge in [0.05, 0.1) is 18.5 Å². The van der Waals surface area contributed by atoms with Gasteiger partial charge in [-0.2, -0.15) is 18.0 Å². The van der Waals surface area contributed by atoms with Crippen molar-refractivity contribution in [3.8, 4) is 5.75 Å². The maximum Gasteiger partial charge on any atom is 0.390 e. The Balaban J connectivity index is 1.42. The standard InChI is InChI=1S/C28H25F4N5O/c1-27(25-12-11-24(38)18-20(25)14-16-36(27)23-9-7-22(29)8-10-23)21-5-2-19(3-6-21)4-13-26-33-35-37(34-26)17-15-28(30,31)32/h2-13,18,38H,14-17H2,1H3. The number of benzene rings is 3. The quantitative estimate of drug-likeness (QED) is 0.316. The van der Waals surface area contributed by atoms with Crippen LogP contribution in [0.5, 0.6) is 5.75 Å². The van der Waals surface area contributed by atoms with E-state index in [4.69, 9.17) is 0 Å². The van der Waals surface area contributed by atoms with Gasteiger partial charge in [0, 0.05) is 12.2 Å². The second-order valence-corrected chi connectivity index (χ2v) is 9.36. The van der Waals surface area contributed by atoms with Crippen LogP contribution in [0.25, 0.3) is 12.2 Å². The molecule has 0 spiro atoms. The summed E-state index contributed by atoms with van der Waals surface area (Å²) >= 11 is 0. The first-order chi connectivity index (χ1) is 18.1. The molecule has 0 bridgehead atoms. The summed E-state index contributed by atoms with van der Waals surface area (Å²) in [6, 6.07) is 19.7. The van der Waals surface area contributed by atoms with E-state index in [-0.39, 0.29) is 23.9 Å². The molecule has 1 N–H and O–H groups in total. The first kappa shape index (κ1) is 25.4. The Kier molecular flexibility index (Phi) is 6.64. The smallest absolute Gasteiger partial charge is 0.390 e. The third-order valence-corrected chi connectivity index (χ3v) is 6.86. The summed E-state index contributed by atoms with van der Waals surface area (Å²) in [4.78, 5) is 3.17. The highest BCUT2D eigenvalue weighted by molar-refractivity contribution is 5.67. The fourth-order valence-corrected chi connectivity index (χ4v) is 4.92. The first-order valence-electron chi connectivity index (χ1n) is 12.1. The number of alkyl halides is 3. The molecule has 0 radical (unpaired) electrons. The summed E-state index contributed by atoms with van der Waals surface area (Å²) in [5.74, 6) is 0.126. The highest BCUT2D eigenvalue weighted by Crippen LogP contribution is 2.44. The Labute approximate surface area is 216 Å². The third kappa shape index (κ3) is 5.25. The monoisotopic (exact) mass is 523 g/mol. The second-order valence-electron chi connectivity index (χ2n) is 9.36. The van der Waals surface area contributed by atoms with Crippen molar-refractivity contribution in [2.24, 2.45) is 0 Å². The average molecular weight is 524 g/mol. The summed E-state index contributed by atoms with van der Waals surface area (Å²) in [5.41, 5.74) is 4.24. The number of aryl methyl sites for hydroxylation is 1. The molecule has 38 heavy (non-hydrogen) atoms. The topological polar surface area (TPSA) is 67.1 Å². The van der Waals surface area contributed by atoms with Crippen LogP contribution in [0.2, 0.25) is 0 Å². The van der Waals surface area contributed by atoms with Gasteiger partial charge in [0.25, 0.3) is 0 Å². The summed E-state index contributed by atoms with van der Waals surface area (Å²) in [5, 5.41) is 21.5. The van der Waals surface area contributed by atoms with Crippen LogP contribution in [0.15, 0.2) is 66.7 Å². The Bertz CT molecular complexity index is 1450. The van der Waals surface area contributed by atoms with Gasteiger partial charge in [-0.3, -0.25) is 0 Å². The number of hydrogen-bond donors (Lipinski definition) is 1. The predicted octanol–water partition coefficient (Wildman–Crippen LogP) is 5.97. The Morgan fingerprint density at radius 2 is 1.74 bits per heavy atom. The molecule has 1 atom stereocenters. The van der Waals surface area contributed by atoms with E-state index in [9.17, 15) is 22.7 Å². The van der Waals surface area contributed by atoms with Crippen molar-refractivity contribution < 1.29 is 22.7 Å². The molecular formula is C28H25F4N5O. The van der Waals surface area contributed by atoms with Crippen LogP contribution in [-0.2, 0) is 18.5 Å². The van der Waals surface area contributed by atoms with E-state index in [2.05, 4.69) is 27.2 Å². The molecule has 196 valence electrons. The molecule has 0 aliphatic carbocycles. The van der Waals surface area contributed by atoms with Crippen molar-refractivity contribution in [3.05, 3.63) is 101 Å². The highest BCUT2D eigenvalue weighted by Gasteiger charge is 2.40. The molecule has 1 unspecified atom stereocenters. The fourth-order valence-electron chi connectivity index (χ4n) is 4.92. The molecule has 3 aromatic carbocycles. The molecule has 2 heterocycles. The van der Waals surface area contributed by atoms with Gasteiger partial charge in [-0.15, -0.1) is 10.2 Å². The van der Waals surface area contributed by atoms with E-state index >= 15 is 0 Å². The second kappa shape index (κ2) is 9.92. The van der Waals surface area contributed by atoms with Gasteiger partial charge in [-0.25, -0.2) is 4.39 Å². The van der Waals surface area contributed by atoms with E-state index in [0.29, 0.717) is 6.54 Å². The van der Waals surface area contributed by atoms with Crippen molar-refractivity contribution in [1.29, 1.82) is 0 Å². The Hall–Kier alpha value is -4.21. The molecule has 0 saturated heterocycles. The lowest BCUT2D eigenvalue weighted by molar-refractivity contribution is -0.137. The number of tetrazole rings is 1. The lowest BCUT2D eigenvalue weighted by Gasteiger charge is -2.48. The zero-order valence-electron chi connectivity index (χ0n) is 20.5. The number of anilines is 1. The molecule has 0 amide bonds. The lowest BCUT2D eigenvalue weighted by atomic mass is 9.76. The van der Waals surface area contributed by atoms with Gasteiger partial charge in [-0.05, 0) is 83.3 Å². The summed E-state index contributed by atoms with van der Waals surface area (Å²) in [7, 11) is 0. The van der Waals surface area contributed by atoms with E-state index < -0.39 is 18.1 Å². The van der Waals surface area contributed by atoms with Gasteiger partial charge in [0.15, 0.2) is 5.82 Å². The molecular weight excluding hydrogens is 498 g/mol. The van der Waals surface area contributed by atoms with Crippen molar-refractivity contribution in [3.63, 3.8) is 0 Å². The van der Waals surface area contributed by atoms with Crippen molar-refractivity contribution in [2.75, 3.05) is 11.4 Å². The number of halogens is 4. The third-order valence-electron chi connectivity index (χ3n) is 6.86. The van der Waals surface area contributed by atoms with Crippen LogP contribution >= 0.6 is 0 Å². The van der Waals surface area contributed by atoms with Crippen LogP contribution < -0.4 is 4.90 Å². The number of phenolic OH excluding ortho intramolecular Hbond substituents is 1. The molecule has 1 aromatic heterocycles. The number of rotatable bonds is 6. The van der Waals surface area contributed by atoms with E-state index in [0.717, 1.165) is 39.2 Å². The maximum atomic E-state index is 13.7. The van der Waals surface area contributed by atoms with Gasteiger partial charge in [0.2, 0.25) is 0 Å². The first-order valence-corrected chi connectivity index (χ1v) is 12.1. The Morgan fingerprint density at radius 1 is 1.00 bits per heavy atom. The van der Waals surface area contributed by atoms with E-state index in [1.165, 1.54) is 12.1 Å². The molecule has 6 nitrogen and oxygen atoms in total. The van der Waals surface area contributed by atoms with Crippen molar-refractivity contribution in [2.45, 2.75) is 38.0 Å². The van der Waals surface area contributed by atoms with Crippen LogP contribution in [-0.4, -0.2) is 38.0 Å². The minimum absolute atomic E-state index is 0.214. The summed E-state index contributed by atoms with van der Waals surface area (Å²) < 4.78 is 50.9. The maximum absolute atomic E-state index is 13.7. The molecule has 10 heteroatoms. The molecule has 5 rings (SSSR count). The molecule has 0 saturated carbocycles. The number of phenols is 1. The van der Waals surface area contributed by atoms with Crippen LogP contribution in [0.1, 0.15) is 41.4 Å². The Morgan fingerprint density at radius 3 is 2.45 bits per heavy atom. The number of fused-ring (bicyclic) bond motifs is 1. The van der Waals surface area contributed by atoms with Gasteiger partial charge >= 0.3 is 6.18 Å². The van der Waals surface area contributed by atoms with E-state index in [1.54, 1.807) is 36.4 Å². The number of hydrogen-bond acceptors (Lipinski definition) is 5. The molecule has 1 aliphatic rings. The predicted molar refractivity (Wildman–Crippen MR) is 136 cm³/mol. The van der Waals surface area contributed by atoms with Crippen molar-refractivity contribution >= 4 is 17.8 Å². The van der Waals surface area contributed by atoms with Crippen LogP contribution in [0.3, 0.4) is 0 Å². The molecule has 0 fully saturated rings. The number of aromatic nitrogens is 4. The zero-order valence-corrected chi connectivity index (χ0v) is 20.5. The normalized spacial score (nSPS) is 17.7. The molecule has 1 aliphatic heterocycles. The largest absolute Gasteiger partial charge is 0.508 e. The minimum Gasteiger partial charge on any atom is -0.508 e. The zero-order chi connectivity index (χ0) is 26.9. The van der Waals surface area contributed by atoms with E-state index in [1.807, 2.05) is 30.3 Å². The SMILES string of the molecule is CC1(c2ccc(C=Cc3nnn(CCC(F)(F)F)n3)cc2)c2ccc(O)cc2CCN1c1ccc(F)cc1. The number of nitrogens with zero attached hydrogens (tertiary/aromatic N) is 5. The lowest BCUT2D eigenvalue weighted by Crippen LogP contribution is -2.49. The highest BCUT2D eigenvalue weighted by atomic mass is 19.4. The summed E-state index contributed by atoms with van der Waals surface area (Å²) in [6.07, 6.45) is -1.22. The molecule has 4 aromatic rings. The van der Waals surface area contributed by atoms with Crippen LogP contribution in [0, 0.1) is 5.82 Å². The van der Waals surface area contributed by atoms with Gasteiger partial charge in [0.1, 0.15) is 11.6 Å². The van der Waals surface area contributed by atoms with Crippen molar-refractivity contribution in [1.82, 2.24) is 20.2 Å². The van der Waals surface area contributed by atoms with Gasteiger partial charge < -0.3 is 10.0 Å². The van der Waals surface area contributed by atoms with Gasteiger partial charge in [-0.1, -0.05) is 36.4 Å². The fraction of sp³-hybridized carbons (Fsp3) is 0.250. The number of aromatic hydroxyl groups is 1.